The van der Waals surface area contributed by atoms with Crippen molar-refractivity contribution >= 4 is 17.3 Å². The standard InChI is InChI=1S/C16H24ClN3/c17-14-3-5-15(6-4-14)19-9-11-20(12-10-19)16(13-18)7-1-2-8-16/h3-6H,1-2,7-13,18H2. The van der Waals surface area contributed by atoms with Crippen LogP contribution >= 0.6 is 11.6 Å². The first-order chi connectivity index (χ1) is 9.73. The van der Waals surface area contributed by atoms with Gasteiger partial charge in [0.15, 0.2) is 0 Å². The first-order valence-corrected chi connectivity index (χ1v) is 8.07. The molecule has 1 saturated heterocycles. The van der Waals surface area contributed by atoms with E-state index >= 15 is 0 Å². The second-order valence-corrected chi connectivity index (χ2v) is 6.52. The molecule has 4 heteroatoms. The summed E-state index contributed by atoms with van der Waals surface area (Å²) in [5.41, 5.74) is 7.67. The van der Waals surface area contributed by atoms with E-state index in [4.69, 9.17) is 17.3 Å². The van der Waals surface area contributed by atoms with E-state index in [-0.39, 0.29) is 0 Å². The summed E-state index contributed by atoms with van der Waals surface area (Å²) in [7, 11) is 0. The lowest BCUT2D eigenvalue weighted by Crippen LogP contribution is -2.59. The average Bonchev–Trinajstić information content (AvgIpc) is 2.98. The predicted molar refractivity (Wildman–Crippen MR) is 85.5 cm³/mol. The molecule has 1 aromatic rings. The fraction of sp³-hybridized carbons (Fsp3) is 0.625. The molecule has 0 atom stereocenters. The molecular formula is C16H24ClN3. The molecule has 3 nitrogen and oxygen atoms in total. The Kier molecular flexibility index (Phi) is 4.20. The maximum Gasteiger partial charge on any atom is 0.0407 e. The Bertz CT molecular complexity index is 432. The molecule has 1 heterocycles. The maximum atomic E-state index is 6.09. The zero-order valence-corrected chi connectivity index (χ0v) is 12.8. The van der Waals surface area contributed by atoms with Gasteiger partial charge in [0, 0.05) is 49.0 Å². The van der Waals surface area contributed by atoms with E-state index in [1.807, 2.05) is 12.1 Å². The number of hydrogen-bond donors (Lipinski definition) is 1. The number of halogens is 1. The molecule has 1 aliphatic heterocycles. The van der Waals surface area contributed by atoms with Crippen molar-refractivity contribution in [2.24, 2.45) is 5.73 Å². The van der Waals surface area contributed by atoms with E-state index in [2.05, 4.69) is 21.9 Å². The molecule has 1 aliphatic carbocycles. The van der Waals surface area contributed by atoms with Gasteiger partial charge in [0.1, 0.15) is 0 Å². The minimum absolute atomic E-state index is 0.298. The number of hydrogen-bond acceptors (Lipinski definition) is 3. The van der Waals surface area contributed by atoms with Crippen LogP contribution in [0.25, 0.3) is 0 Å². The predicted octanol–water partition coefficient (Wildman–Crippen LogP) is 2.73. The molecule has 0 unspecified atom stereocenters. The van der Waals surface area contributed by atoms with Gasteiger partial charge < -0.3 is 10.6 Å². The van der Waals surface area contributed by atoms with Crippen LogP contribution in [0.4, 0.5) is 5.69 Å². The largest absolute Gasteiger partial charge is 0.369 e. The lowest BCUT2D eigenvalue weighted by atomic mass is 9.94. The van der Waals surface area contributed by atoms with Crippen LogP contribution in [0.3, 0.4) is 0 Å². The van der Waals surface area contributed by atoms with E-state index < -0.39 is 0 Å². The van der Waals surface area contributed by atoms with Crippen molar-refractivity contribution in [3.05, 3.63) is 29.3 Å². The molecule has 0 bridgehead atoms. The quantitative estimate of drug-likeness (QED) is 0.930. The van der Waals surface area contributed by atoms with E-state index in [1.165, 1.54) is 31.4 Å². The number of piperazine rings is 1. The molecule has 20 heavy (non-hydrogen) atoms. The molecule has 2 fully saturated rings. The summed E-state index contributed by atoms with van der Waals surface area (Å²) in [4.78, 5) is 5.10. The molecule has 0 radical (unpaired) electrons. The normalized spacial score (nSPS) is 23.2. The molecule has 2 aliphatic rings. The highest BCUT2D eigenvalue weighted by Gasteiger charge is 2.39. The third kappa shape index (κ3) is 2.67. The smallest absolute Gasteiger partial charge is 0.0407 e. The summed E-state index contributed by atoms with van der Waals surface area (Å²) in [5.74, 6) is 0. The van der Waals surface area contributed by atoms with Gasteiger partial charge in [-0.1, -0.05) is 24.4 Å². The van der Waals surface area contributed by atoms with Gasteiger partial charge in [-0.25, -0.2) is 0 Å². The second kappa shape index (κ2) is 5.92. The first kappa shape index (κ1) is 14.2. The second-order valence-electron chi connectivity index (χ2n) is 6.09. The molecule has 2 N–H and O–H groups in total. The first-order valence-electron chi connectivity index (χ1n) is 7.69. The topological polar surface area (TPSA) is 32.5 Å². The van der Waals surface area contributed by atoms with E-state index in [1.54, 1.807) is 0 Å². The highest BCUT2D eigenvalue weighted by atomic mass is 35.5. The minimum atomic E-state index is 0.298. The highest BCUT2D eigenvalue weighted by Crippen LogP contribution is 2.35. The number of benzene rings is 1. The number of nitrogens with two attached hydrogens (primary N) is 1. The van der Waals surface area contributed by atoms with Crippen LogP contribution in [0.5, 0.6) is 0 Å². The van der Waals surface area contributed by atoms with E-state index in [0.29, 0.717) is 5.54 Å². The van der Waals surface area contributed by atoms with Crippen LogP contribution in [-0.4, -0.2) is 43.2 Å². The Labute approximate surface area is 126 Å². The summed E-state index contributed by atoms with van der Waals surface area (Å²) in [6, 6.07) is 8.18. The van der Waals surface area contributed by atoms with Gasteiger partial charge >= 0.3 is 0 Å². The van der Waals surface area contributed by atoms with Crippen molar-refractivity contribution in [3.63, 3.8) is 0 Å². The summed E-state index contributed by atoms with van der Waals surface area (Å²) in [6.07, 6.45) is 5.25. The number of anilines is 1. The molecule has 0 aromatic heterocycles. The van der Waals surface area contributed by atoms with Crippen molar-refractivity contribution in [2.45, 2.75) is 31.2 Å². The van der Waals surface area contributed by atoms with Gasteiger partial charge in [0.05, 0.1) is 0 Å². The fourth-order valence-corrected chi connectivity index (χ4v) is 3.90. The van der Waals surface area contributed by atoms with Gasteiger partial charge in [-0.3, -0.25) is 4.90 Å². The monoisotopic (exact) mass is 293 g/mol. The molecule has 110 valence electrons. The van der Waals surface area contributed by atoms with Crippen LogP contribution in [0.15, 0.2) is 24.3 Å². The molecule has 3 rings (SSSR count). The fourth-order valence-electron chi connectivity index (χ4n) is 3.77. The molecular weight excluding hydrogens is 270 g/mol. The zero-order valence-electron chi connectivity index (χ0n) is 12.0. The zero-order chi connectivity index (χ0) is 14.0. The number of nitrogens with zero attached hydrogens (tertiary/aromatic N) is 2. The molecule has 1 saturated carbocycles. The number of rotatable bonds is 3. The third-order valence-electron chi connectivity index (χ3n) is 5.06. The summed E-state index contributed by atoms with van der Waals surface area (Å²) < 4.78 is 0. The van der Waals surface area contributed by atoms with Gasteiger partial charge in [-0.15, -0.1) is 0 Å². The van der Waals surface area contributed by atoms with Crippen LogP contribution in [0.2, 0.25) is 5.02 Å². The van der Waals surface area contributed by atoms with Gasteiger partial charge in [-0.05, 0) is 37.1 Å². The third-order valence-corrected chi connectivity index (χ3v) is 5.31. The molecule has 0 amide bonds. The van der Waals surface area contributed by atoms with Gasteiger partial charge in [0.25, 0.3) is 0 Å². The van der Waals surface area contributed by atoms with Crippen molar-refractivity contribution in [3.8, 4) is 0 Å². The van der Waals surface area contributed by atoms with Crippen LogP contribution < -0.4 is 10.6 Å². The van der Waals surface area contributed by atoms with Crippen LogP contribution in [-0.2, 0) is 0 Å². The van der Waals surface area contributed by atoms with Gasteiger partial charge in [-0.2, -0.15) is 0 Å². The summed E-state index contributed by atoms with van der Waals surface area (Å²) in [6.45, 7) is 5.24. The van der Waals surface area contributed by atoms with E-state index in [0.717, 1.165) is 37.7 Å². The Morgan fingerprint density at radius 2 is 1.60 bits per heavy atom. The van der Waals surface area contributed by atoms with Crippen molar-refractivity contribution in [1.29, 1.82) is 0 Å². The van der Waals surface area contributed by atoms with E-state index in [9.17, 15) is 0 Å². The Morgan fingerprint density at radius 3 is 2.15 bits per heavy atom. The Balaban J connectivity index is 1.63. The lowest BCUT2D eigenvalue weighted by molar-refractivity contribution is 0.0921. The summed E-state index contributed by atoms with van der Waals surface area (Å²) >= 11 is 5.96. The minimum Gasteiger partial charge on any atom is -0.369 e. The maximum absolute atomic E-state index is 6.09. The Morgan fingerprint density at radius 1 is 1.00 bits per heavy atom. The lowest BCUT2D eigenvalue weighted by Gasteiger charge is -2.46. The molecule has 0 spiro atoms. The summed E-state index contributed by atoms with van der Waals surface area (Å²) in [5, 5.41) is 0.806. The SMILES string of the molecule is NCC1(N2CCN(c3ccc(Cl)cc3)CC2)CCCC1. The highest BCUT2D eigenvalue weighted by molar-refractivity contribution is 6.30. The van der Waals surface area contributed by atoms with Crippen molar-refractivity contribution in [1.82, 2.24) is 4.90 Å². The van der Waals surface area contributed by atoms with Crippen LogP contribution in [0.1, 0.15) is 25.7 Å². The van der Waals surface area contributed by atoms with Crippen molar-refractivity contribution < 1.29 is 0 Å². The van der Waals surface area contributed by atoms with Gasteiger partial charge in [0.2, 0.25) is 0 Å². The average molecular weight is 294 g/mol. The van der Waals surface area contributed by atoms with Crippen LogP contribution in [0, 0.1) is 0 Å². The molecule has 1 aromatic carbocycles. The van der Waals surface area contributed by atoms with Crippen molar-refractivity contribution in [2.75, 3.05) is 37.6 Å². The Hall–Kier alpha value is -0.770.